The molecule has 20 bridgehead atoms. The van der Waals surface area contributed by atoms with Crippen LogP contribution in [0.1, 0.15) is 90.4 Å². The standard InChI is InChI=1S/C56H40Cl4O12/c1-65-53(61)49-45-33-9-5-30-18-38(33)46(50(49)54(62)66-2)34-10-6-29(17-37(34)45)69-21-25-13-42(58)27(15-41(25)57)23-71-31-7-11-35-39(19-31)47-36-12-8-32(72-24-28-16-43(59)26(22-70-30)14-44(28)60)20-40(36)48(35)52(56(64)68-4)51(47)55(63)67-3/h5-20,45-48H,21-24H2,1-4H3/t45-,46-,47-,48-/m1/s1. The first-order chi connectivity index (χ1) is 34.8. The summed E-state index contributed by atoms with van der Waals surface area (Å²) in [5.74, 6) is -3.52. The Hall–Kier alpha value is -6.96. The van der Waals surface area contributed by atoms with E-state index >= 15 is 0 Å². The first kappa shape index (κ1) is 47.4. The Morgan fingerprint density at radius 1 is 0.347 bits per heavy atom. The smallest absolute Gasteiger partial charge is 0.335 e. The second-order valence-electron chi connectivity index (χ2n) is 17.7. The Kier molecular flexibility index (Phi) is 12.2. The van der Waals surface area contributed by atoms with Gasteiger partial charge in [0.1, 0.15) is 49.4 Å². The average molecular weight is 1050 g/mol. The molecule has 0 saturated heterocycles. The molecule has 16 heteroatoms. The SMILES string of the molecule is COC(=O)C1=C(C(=O)OC)[C@@H]2c3ccc4cc3[C@H]1c1ccc(cc12)OCc1cc(Cl)c(cc1Cl)COc1ccc2c(c1)[C@@H]1C(C(=O)OC)=C(C(=O)OC)[C@H]2c2cc(ccc21)OCc1cc(Cl)c(cc1Cl)CO4. The van der Waals surface area contributed by atoms with Crippen LogP contribution in [0.2, 0.25) is 20.1 Å². The van der Waals surface area contributed by atoms with Gasteiger partial charge in [0.25, 0.3) is 0 Å². The molecule has 0 saturated carbocycles. The Morgan fingerprint density at radius 3 is 0.750 bits per heavy atom. The largest absolute Gasteiger partial charge is 0.489 e. The summed E-state index contributed by atoms with van der Waals surface area (Å²) in [6.45, 7) is 0.171. The second kappa shape index (κ2) is 18.6. The first-order valence-corrected chi connectivity index (χ1v) is 24.1. The topological polar surface area (TPSA) is 142 Å². The first-order valence-electron chi connectivity index (χ1n) is 22.6. The molecule has 6 aliphatic carbocycles. The van der Waals surface area contributed by atoms with Gasteiger partial charge in [-0.3, -0.25) is 0 Å². The van der Waals surface area contributed by atoms with E-state index in [9.17, 15) is 19.2 Å². The van der Waals surface area contributed by atoms with Crippen molar-refractivity contribution >= 4 is 70.3 Å². The summed E-state index contributed by atoms with van der Waals surface area (Å²) < 4.78 is 46.6. The highest BCUT2D eigenvalue weighted by molar-refractivity contribution is 6.34. The number of rotatable bonds is 4. The van der Waals surface area contributed by atoms with Gasteiger partial charge in [0.15, 0.2) is 0 Å². The number of carbonyl (C=O) groups is 4. The van der Waals surface area contributed by atoms with Gasteiger partial charge in [0, 0.05) is 66.0 Å². The van der Waals surface area contributed by atoms with Crippen molar-refractivity contribution in [1.82, 2.24) is 0 Å². The van der Waals surface area contributed by atoms with E-state index in [1.54, 1.807) is 48.5 Å². The molecule has 0 unspecified atom stereocenters. The summed E-state index contributed by atoms with van der Waals surface area (Å²) in [4.78, 5) is 54.6. The Morgan fingerprint density at radius 2 is 0.556 bits per heavy atom. The number of halogens is 4. The molecule has 0 radical (unpaired) electrons. The van der Waals surface area contributed by atoms with Gasteiger partial charge in [-0.2, -0.15) is 0 Å². The summed E-state index contributed by atoms with van der Waals surface area (Å²) in [6.07, 6.45) is 0. The van der Waals surface area contributed by atoms with Gasteiger partial charge in [-0.25, -0.2) is 19.2 Å². The monoisotopic (exact) mass is 1040 g/mol. The molecule has 6 aromatic rings. The molecule has 4 atom stereocenters. The number of hydrogen-bond acceptors (Lipinski definition) is 12. The van der Waals surface area contributed by atoms with Crippen LogP contribution in [0.15, 0.2) is 119 Å². The molecular weight excluding hydrogens is 1010 g/mol. The fourth-order valence-corrected chi connectivity index (χ4v) is 11.8. The molecule has 0 fully saturated rings. The maximum atomic E-state index is 13.7. The zero-order chi connectivity index (χ0) is 50.3. The quantitative estimate of drug-likeness (QED) is 0.122. The fraction of sp³-hybridized carbons (Fsp3) is 0.214. The molecule has 0 aromatic heterocycles. The molecule has 0 amide bonds. The average Bonchev–Trinajstić information content (AvgIpc) is 3.40. The summed E-state index contributed by atoms with van der Waals surface area (Å²) in [5, 5.41) is 1.55. The van der Waals surface area contributed by atoms with Crippen LogP contribution in [0.4, 0.5) is 0 Å². The Labute approximate surface area is 432 Å². The molecule has 28 rings (SSSR count). The van der Waals surface area contributed by atoms with Crippen molar-refractivity contribution in [2.45, 2.75) is 50.1 Å². The summed E-state index contributed by atoms with van der Waals surface area (Å²) in [6, 6.07) is 29.1. The Bertz CT molecular complexity index is 2990. The lowest BCUT2D eigenvalue weighted by atomic mass is 9.61. The molecule has 12 nitrogen and oxygen atoms in total. The highest BCUT2D eigenvalue weighted by atomic mass is 35.5. The molecule has 364 valence electrons. The number of benzene rings is 6. The van der Waals surface area contributed by atoms with E-state index in [-0.39, 0.29) is 48.7 Å². The zero-order valence-electron chi connectivity index (χ0n) is 38.8. The number of methoxy groups -OCH3 is 4. The minimum Gasteiger partial charge on any atom is -0.489 e. The van der Waals surface area contributed by atoms with Crippen LogP contribution in [0.25, 0.3) is 0 Å². The van der Waals surface area contributed by atoms with Gasteiger partial charge < -0.3 is 37.9 Å². The van der Waals surface area contributed by atoms with E-state index in [4.69, 9.17) is 84.3 Å². The van der Waals surface area contributed by atoms with Crippen LogP contribution in [0, 0.1) is 0 Å². The van der Waals surface area contributed by atoms with Crippen molar-refractivity contribution in [3.63, 3.8) is 0 Å². The number of ether oxygens (including phenoxy) is 8. The van der Waals surface area contributed by atoms with Gasteiger partial charge in [0.2, 0.25) is 0 Å². The predicted molar refractivity (Wildman–Crippen MR) is 266 cm³/mol. The lowest BCUT2D eigenvalue weighted by Gasteiger charge is -2.42. The van der Waals surface area contributed by atoms with Crippen molar-refractivity contribution in [2.24, 2.45) is 0 Å². The maximum Gasteiger partial charge on any atom is 0.335 e. The summed E-state index contributed by atoms with van der Waals surface area (Å²) in [5.41, 5.74) is 9.33. The van der Waals surface area contributed by atoms with Gasteiger partial charge in [-0.05, 0) is 117 Å². The molecule has 16 aliphatic heterocycles. The lowest BCUT2D eigenvalue weighted by molar-refractivity contribution is -0.140. The van der Waals surface area contributed by atoms with Crippen molar-refractivity contribution in [2.75, 3.05) is 28.4 Å². The van der Waals surface area contributed by atoms with Gasteiger partial charge in [-0.15, -0.1) is 0 Å². The minimum atomic E-state index is -0.710. The van der Waals surface area contributed by atoms with Crippen LogP contribution < -0.4 is 18.9 Å². The summed E-state index contributed by atoms with van der Waals surface area (Å²) in [7, 11) is 5.11. The van der Waals surface area contributed by atoms with Gasteiger partial charge >= 0.3 is 23.9 Å². The lowest BCUT2D eigenvalue weighted by Crippen LogP contribution is -2.35. The number of carbonyl (C=O) groups excluding carboxylic acids is 4. The third kappa shape index (κ3) is 7.74. The second-order valence-corrected chi connectivity index (χ2v) is 19.4. The number of esters is 4. The van der Waals surface area contributed by atoms with Gasteiger partial charge in [-0.1, -0.05) is 70.7 Å². The van der Waals surface area contributed by atoms with Crippen molar-refractivity contribution in [3.05, 3.63) is 206 Å². The van der Waals surface area contributed by atoms with Crippen LogP contribution >= 0.6 is 46.4 Å². The van der Waals surface area contributed by atoms with Crippen molar-refractivity contribution in [1.29, 1.82) is 0 Å². The molecule has 72 heavy (non-hydrogen) atoms. The molecule has 16 heterocycles. The highest BCUT2D eigenvalue weighted by Gasteiger charge is 2.50. The van der Waals surface area contributed by atoms with E-state index in [2.05, 4.69) is 0 Å². The summed E-state index contributed by atoms with van der Waals surface area (Å²) >= 11 is 27.6. The van der Waals surface area contributed by atoms with Crippen molar-refractivity contribution < 1.29 is 57.1 Å². The van der Waals surface area contributed by atoms with E-state index in [1.165, 1.54) is 28.4 Å². The van der Waals surface area contributed by atoms with E-state index in [0.717, 1.165) is 44.5 Å². The molecule has 6 aromatic carbocycles. The van der Waals surface area contributed by atoms with Gasteiger partial charge in [0.05, 0.1) is 50.7 Å². The van der Waals surface area contributed by atoms with Crippen LogP contribution in [0.3, 0.4) is 0 Å². The third-order valence-corrected chi connectivity index (χ3v) is 15.5. The van der Waals surface area contributed by atoms with Crippen LogP contribution in [-0.2, 0) is 64.6 Å². The van der Waals surface area contributed by atoms with E-state index < -0.39 is 47.5 Å². The van der Waals surface area contributed by atoms with E-state index in [1.807, 2.05) is 48.5 Å². The maximum absolute atomic E-state index is 13.7. The highest BCUT2D eigenvalue weighted by Crippen LogP contribution is 2.59. The van der Waals surface area contributed by atoms with Crippen LogP contribution in [0.5, 0.6) is 23.0 Å². The fourth-order valence-electron chi connectivity index (χ4n) is 10.9. The molecule has 0 spiro atoms. The number of hydrogen-bond donors (Lipinski definition) is 0. The normalized spacial score (nSPS) is 18.9. The molecule has 22 aliphatic rings. The molecular formula is C56H40Cl4O12. The zero-order valence-corrected chi connectivity index (χ0v) is 41.8. The van der Waals surface area contributed by atoms with Crippen LogP contribution in [-0.4, -0.2) is 52.3 Å². The van der Waals surface area contributed by atoms with E-state index in [0.29, 0.717) is 65.3 Å². The predicted octanol–water partition coefficient (Wildman–Crippen LogP) is 11.4. The third-order valence-electron chi connectivity index (χ3n) is 14.1. The minimum absolute atomic E-state index is 0.0427. The Balaban J connectivity index is 0.995. The van der Waals surface area contributed by atoms with Crippen molar-refractivity contribution in [3.8, 4) is 23.0 Å². The molecule has 0 N–H and O–H groups in total.